The Morgan fingerprint density at radius 1 is 1.24 bits per heavy atom. The summed E-state index contributed by atoms with van der Waals surface area (Å²) in [4.78, 5) is 12.4. The third-order valence-electron chi connectivity index (χ3n) is 4.37. The van der Waals surface area contributed by atoms with E-state index in [1.807, 2.05) is 0 Å². The van der Waals surface area contributed by atoms with Crippen LogP contribution in [0.15, 0.2) is 23.1 Å². The number of hydrogen-bond donors (Lipinski definition) is 1. The minimum Gasteiger partial charge on any atom is -0.495 e. The van der Waals surface area contributed by atoms with E-state index in [1.54, 1.807) is 12.1 Å². The topological polar surface area (TPSA) is 75.7 Å². The summed E-state index contributed by atoms with van der Waals surface area (Å²) in [6, 6.07) is 4.57. The van der Waals surface area contributed by atoms with Crippen LogP contribution < -0.4 is 10.1 Å². The van der Waals surface area contributed by atoms with Crippen molar-refractivity contribution in [3.8, 4) is 5.75 Å². The standard InChI is InChI=1S/C18H28N2O4S/c1-14(2)9-10-19-18(21)15-7-8-16(24-3)17(13-15)25(22,23)20-11-5-4-6-12-20/h7-8,13-14H,4-6,9-12H2,1-3H3,(H,19,21). The SMILES string of the molecule is COc1ccc(C(=O)NCCC(C)C)cc1S(=O)(=O)N1CCCCC1. The van der Waals surface area contributed by atoms with Gasteiger partial charge in [0.25, 0.3) is 5.91 Å². The number of amides is 1. The Hall–Kier alpha value is -1.60. The number of sulfonamides is 1. The third kappa shape index (κ3) is 4.95. The highest BCUT2D eigenvalue weighted by atomic mass is 32.2. The Bertz CT molecular complexity index is 695. The van der Waals surface area contributed by atoms with Crippen molar-refractivity contribution in [2.45, 2.75) is 44.4 Å². The summed E-state index contributed by atoms with van der Waals surface area (Å²) in [5.74, 6) is 0.494. The lowest BCUT2D eigenvalue weighted by Gasteiger charge is -2.26. The lowest BCUT2D eigenvalue weighted by molar-refractivity contribution is 0.0951. The summed E-state index contributed by atoms with van der Waals surface area (Å²) in [6.07, 6.45) is 3.64. The van der Waals surface area contributed by atoms with E-state index in [-0.39, 0.29) is 16.6 Å². The van der Waals surface area contributed by atoms with Crippen molar-refractivity contribution >= 4 is 15.9 Å². The van der Waals surface area contributed by atoms with Crippen molar-refractivity contribution in [2.24, 2.45) is 5.92 Å². The maximum absolute atomic E-state index is 13.0. The number of carbonyl (C=O) groups excluding carboxylic acids is 1. The second kappa shape index (κ2) is 8.67. The van der Waals surface area contributed by atoms with Gasteiger partial charge in [0.05, 0.1) is 7.11 Å². The fraction of sp³-hybridized carbons (Fsp3) is 0.611. The number of rotatable bonds is 7. The molecule has 6 nitrogen and oxygen atoms in total. The zero-order valence-corrected chi connectivity index (χ0v) is 16.1. The first-order valence-corrected chi connectivity index (χ1v) is 10.3. The average molecular weight is 368 g/mol. The summed E-state index contributed by atoms with van der Waals surface area (Å²) >= 11 is 0. The fourth-order valence-corrected chi connectivity index (χ4v) is 4.54. The molecule has 7 heteroatoms. The molecule has 1 aliphatic heterocycles. The molecule has 1 fully saturated rings. The van der Waals surface area contributed by atoms with Gasteiger partial charge in [-0.3, -0.25) is 4.79 Å². The maximum Gasteiger partial charge on any atom is 0.251 e. The van der Waals surface area contributed by atoms with E-state index in [1.165, 1.54) is 17.5 Å². The van der Waals surface area contributed by atoms with Crippen LogP contribution in [0.5, 0.6) is 5.75 Å². The normalized spacial score (nSPS) is 16.0. The van der Waals surface area contributed by atoms with Gasteiger partial charge in [0.2, 0.25) is 10.0 Å². The lowest BCUT2D eigenvalue weighted by Crippen LogP contribution is -2.36. The second-order valence-electron chi connectivity index (χ2n) is 6.77. The number of benzene rings is 1. The molecule has 1 aromatic carbocycles. The van der Waals surface area contributed by atoms with Crippen molar-refractivity contribution < 1.29 is 17.9 Å². The molecule has 0 aromatic heterocycles. The molecule has 1 aromatic rings. The Morgan fingerprint density at radius 3 is 2.52 bits per heavy atom. The monoisotopic (exact) mass is 368 g/mol. The van der Waals surface area contributed by atoms with E-state index in [0.29, 0.717) is 31.1 Å². The fourth-order valence-electron chi connectivity index (χ4n) is 2.84. The number of piperidine rings is 1. The smallest absolute Gasteiger partial charge is 0.251 e. The largest absolute Gasteiger partial charge is 0.495 e. The van der Waals surface area contributed by atoms with Crippen LogP contribution in [0.4, 0.5) is 0 Å². The van der Waals surface area contributed by atoms with E-state index in [0.717, 1.165) is 25.7 Å². The average Bonchev–Trinajstić information content (AvgIpc) is 2.61. The lowest BCUT2D eigenvalue weighted by atomic mass is 10.1. The van der Waals surface area contributed by atoms with Crippen LogP contribution in [0, 0.1) is 5.92 Å². The number of nitrogens with zero attached hydrogens (tertiary/aromatic N) is 1. The van der Waals surface area contributed by atoms with E-state index < -0.39 is 10.0 Å². The molecule has 0 bridgehead atoms. The summed E-state index contributed by atoms with van der Waals surface area (Å²) in [7, 11) is -2.23. The molecule has 1 N–H and O–H groups in total. The van der Waals surface area contributed by atoms with Gasteiger partial charge in [0.1, 0.15) is 10.6 Å². The first kappa shape index (κ1) is 19.7. The van der Waals surface area contributed by atoms with Gasteiger partial charge in [0, 0.05) is 25.2 Å². The van der Waals surface area contributed by atoms with Gasteiger partial charge in [-0.2, -0.15) is 4.31 Å². The maximum atomic E-state index is 13.0. The van der Waals surface area contributed by atoms with E-state index in [2.05, 4.69) is 19.2 Å². The van der Waals surface area contributed by atoms with Crippen LogP contribution in [-0.4, -0.2) is 45.4 Å². The number of methoxy groups -OCH3 is 1. The Kier molecular flexibility index (Phi) is 6.84. The molecule has 1 amide bonds. The van der Waals surface area contributed by atoms with E-state index in [9.17, 15) is 13.2 Å². The first-order chi connectivity index (χ1) is 11.9. The van der Waals surface area contributed by atoms with Crippen LogP contribution in [-0.2, 0) is 10.0 Å². The van der Waals surface area contributed by atoms with E-state index >= 15 is 0 Å². The molecule has 0 aliphatic carbocycles. The number of hydrogen-bond acceptors (Lipinski definition) is 4. The summed E-state index contributed by atoms with van der Waals surface area (Å²) < 4.78 is 32.6. The molecule has 1 saturated heterocycles. The Labute approximate surface area is 150 Å². The Morgan fingerprint density at radius 2 is 1.92 bits per heavy atom. The van der Waals surface area contributed by atoms with Gasteiger partial charge in [0.15, 0.2) is 0 Å². The highest BCUT2D eigenvalue weighted by Gasteiger charge is 2.29. The molecule has 25 heavy (non-hydrogen) atoms. The predicted octanol–water partition coefficient (Wildman–Crippen LogP) is 2.65. The zero-order chi connectivity index (χ0) is 18.4. The highest BCUT2D eigenvalue weighted by molar-refractivity contribution is 7.89. The van der Waals surface area contributed by atoms with Gasteiger partial charge in [-0.25, -0.2) is 8.42 Å². The molecular weight excluding hydrogens is 340 g/mol. The van der Waals surface area contributed by atoms with Crippen LogP contribution in [0.25, 0.3) is 0 Å². The molecular formula is C18H28N2O4S. The molecule has 0 atom stereocenters. The van der Waals surface area contributed by atoms with E-state index in [4.69, 9.17) is 4.74 Å². The van der Waals surface area contributed by atoms with Crippen molar-refractivity contribution in [2.75, 3.05) is 26.7 Å². The highest BCUT2D eigenvalue weighted by Crippen LogP contribution is 2.29. The number of carbonyl (C=O) groups is 1. The van der Waals surface area contributed by atoms with Gasteiger partial charge < -0.3 is 10.1 Å². The van der Waals surface area contributed by atoms with Crippen molar-refractivity contribution in [3.63, 3.8) is 0 Å². The molecule has 0 unspecified atom stereocenters. The van der Waals surface area contributed by atoms with Crippen LogP contribution in [0.3, 0.4) is 0 Å². The molecule has 1 heterocycles. The van der Waals surface area contributed by atoms with Gasteiger partial charge in [-0.05, 0) is 43.4 Å². The molecule has 0 spiro atoms. The van der Waals surface area contributed by atoms with Crippen LogP contribution in [0.1, 0.15) is 49.9 Å². The van der Waals surface area contributed by atoms with Gasteiger partial charge >= 0.3 is 0 Å². The van der Waals surface area contributed by atoms with Crippen LogP contribution in [0.2, 0.25) is 0 Å². The predicted molar refractivity (Wildman–Crippen MR) is 97.4 cm³/mol. The molecule has 2 rings (SSSR count). The Balaban J connectivity index is 2.26. The second-order valence-corrected chi connectivity index (χ2v) is 8.68. The minimum absolute atomic E-state index is 0.0633. The summed E-state index contributed by atoms with van der Waals surface area (Å²) in [6.45, 7) is 5.76. The number of nitrogens with one attached hydrogen (secondary N) is 1. The minimum atomic E-state index is -3.67. The quantitative estimate of drug-likeness (QED) is 0.803. The molecule has 0 radical (unpaired) electrons. The molecule has 1 aliphatic rings. The molecule has 0 saturated carbocycles. The van der Waals surface area contributed by atoms with Crippen LogP contribution >= 0.6 is 0 Å². The zero-order valence-electron chi connectivity index (χ0n) is 15.2. The number of ether oxygens (including phenoxy) is 1. The summed E-state index contributed by atoms with van der Waals surface area (Å²) in [5, 5.41) is 2.84. The first-order valence-electron chi connectivity index (χ1n) is 8.82. The van der Waals surface area contributed by atoms with Gasteiger partial charge in [-0.1, -0.05) is 20.3 Å². The van der Waals surface area contributed by atoms with Crippen molar-refractivity contribution in [3.05, 3.63) is 23.8 Å². The molecule has 140 valence electrons. The summed E-state index contributed by atoms with van der Waals surface area (Å²) in [5.41, 5.74) is 0.333. The van der Waals surface area contributed by atoms with Crippen molar-refractivity contribution in [1.29, 1.82) is 0 Å². The third-order valence-corrected chi connectivity index (χ3v) is 6.29. The van der Waals surface area contributed by atoms with Crippen molar-refractivity contribution in [1.82, 2.24) is 9.62 Å². The van der Waals surface area contributed by atoms with Gasteiger partial charge in [-0.15, -0.1) is 0 Å².